The molecule has 37 valence electrons. The number of hydrogen-bond donors (Lipinski definition) is 0. The van der Waals surface area contributed by atoms with Crippen LogP contribution < -0.4 is 0 Å². The van der Waals surface area contributed by atoms with Gasteiger partial charge in [-0.2, -0.15) is 5.26 Å². The second-order valence-corrected chi connectivity index (χ2v) is 1.67. The summed E-state index contributed by atoms with van der Waals surface area (Å²) in [7, 11) is 2.03. The van der Waals surface area contributed by atoms with E-state index in [-0.39, 0.29) is 0 Å². The first-order valence-electron chi connectivity index (χ1n) is 2.47. The van der Waals surface area contributed by atoms with E-state index < -0.39 is 0 Å². The zero-order chi connectivity index (χ0) is 5.70. The maximum absolute atomic E-state index is 8.10. The van der Waals surface area contributed by atoms with E-state index in [9.17, 15) is 0 Å². The van der Waals surface area contributed by atoms with Gasteiger partial charge in [-0.05, 0) is 0 Å². The molecule has 0 aromatic rings. The third kappa shape index (κ3) is 3.38. The van der Waals surface area contributed by atoms with Crippen LogP contribution in [0.4, 0.5) is 0 Å². The molecule has 0 aromatic carbocycles. The third-order valence-electron chi connectivity index (χ3n) is 0.982. The van der Waals surface area contributed by atoms with Crippen LogP contribution >= 0.6 is 0 Å². The van der Waals surface area contributed by atoms with Crippen LogP contribution in [-0.4, -0.2) is 7.28 Å². The number of nitrogens with zero attached hydrogens (tertiary/aromatic N) is 1. The van der Waals surface area contributed by atoms with Crippen LogP contribution in [0.25, 0.3) is 0 Å². The summed E-state index contributed by atoms with van der Waals surface area (Å²) in [4.78, 5) is 0. The van der Waals surface area contributed by atoms with E-state index in [1.165, 1.54) is 0 Å². The monoisotopic (exact) mass is 94.1 g/mol. The summed E-state index contributed by atoms with van der Waals surface area (Å²) in [6.45, 7) is 4.01. The van der Waals surface area contributed by atoms with Crippen LogP contribution in [0.3, 0.4) is 0 Å². The molecule has 1 radical (unpaired) electrons. The van der Waals surface area contributed by atoms with Crippen LogP contribution in [0.15, 0.2) is 0 Å². The van der Waals surface area contributed by atoms with Gasteiger partial charge < -0.3 is 0 Å². The molecule has 0 rings (SSSR count). The van der Waals surface area contributed by atoms with Crippen LogP contribution in [0.5, 0.6) is 0 Å². The molecule has 1 nitrogen and oxygen atoms in total. The number of hydrogen-bond acceptors (Lipinski definition) is 1. The predicted octanol–water partition coefficient (Wildman–Crippen LogP) is 1.46. The fourth-order valence-corrected chi connectivity index (χ4v) is 0.262. The first-order chi connectivity index (χ1) is 3.31. The molecule has 0 heterocycles. The molecule has 0 amide bonds. The van der Waals surface area contributed by atoms with Gasteiger partial charge in [0.05, 0.1) is 6.07 Å². The van der Waals surface area contributed by atoms with Gasteiger partial charge in [-0.1, -0.05) is 19.6 Å². The second-order valence-electron chi connectivity index (χ2n) is 1.67. The zero-order valence-electron chi connectivity index (χ0n) is 4.81. The minimum Gasteiger partial charge on any atom is -0.198 e. The van der Waals surface area contributed by atoms with Gasteiger partial charge in [0.2, 0.25) is 0 Å². The van der Waals surface area contributed by atoms with E-state index in [1.54, 1.807) is 0 Å². The minimum absolute atomic E-state index is 0.463. The van der Waals surface area contributed by atoms with E-state index >= 15 is 0 Å². The summed E-state index contributed by atoms with van der Waals surface area (Å²) in [6, 6.07) is 2.09. The first-order valence-corrected chi connectivity index (χ1v) is 2.47. The average molecular weight is 93.9 g/mol. The molecular weight excluding hydrogens is 84.9 g/mol. The molecule has 0 bridgehead atoms. The summed E-state index contributed by atoms with van der Waals surface area (Å²) >= 11 is 0. The van der Waals surface area contributed by atoms with Gasteiger partial charge in [-0.15, -0.1) is 0 Å². The molecule has 0 N–H and O–H groups in total. The fourth-order valence-electron chi connectivity index (χ4n) is 0.262. The molecule has 0 spiro atoms. The van der Waals surface area contributed by atoms with Crippen molar-refractivity contribution >= 4 is 7.28 Å². The molecule has 2 heteroatoms. The van der Waals surface area contributed by atoms with Crippen molar-refractivity contribution in [3.8, 4) is 6.07 Å². The highest BCUT2D eigenvalue weighted by Gasteiger charge is 1.94. The van der Waals surface area contributed by atoms with Gasteiger partial charge in [0.25, 0.3) is 0 Å². The Kier molecular flexibility index (Phi) is 3.50. The van der Waals surface area contributed by atoms with Crippen molar-refractivity contribution in [1.82, 2.24) is 0 Å². The Morgan fingerprint density at radius 3 is 2.57 bits per heavy atom. The van der Waals surface area contributed by atoms with Crippen molar-refractivity contribution < 1.29 is 0 Å². The van der Waals surface area contributed by atoms with Crippen molar-refractivity contribution in [2.75, 3.05) is 0 Å². The van der Waals surface area contributed by atoms with Crippen molar-refractivity contribution in [3.63, 3.8) is 0 Å². The molecule has 0 aliphatic heterocycles. The van der Waals surface area contributed by atoms with Crippen molar-refractivity contribution in [1.29, 1.82) is 5.26 Å². The smallest absolute Gasteiger partial charge is 0.111 e. The van der Waals surface area contributed by atoms with Gasteiger partial charge in [-0.25, -0.2) is 0 Å². The zero-order valence-corrected chi connectivity index (χ0v) is 4.81. The van der Waals surface area contributed by atoms with Crippen LogP contribution in [0.1, 0.15) is 13.3 Å². The Morgan fingerprint density at radius 2 is 2.43 bits per heavy atom. The quantitative estimate of drug-likeness (QED) is 0.475. The number of nitriles is 1. The van der Waals surface area contributed by atoms with Crippen molar-refractivity contribution in [3.05, 3.63) is 0 Å². The van der Waals surface area contributed by atoms with Gasteiger partial charge in [0.1, 0.15) is 7.28 Å². The Hall–Kier alpha value is -0.445. The van der Waals surface area contributed by atoms with Crippen molar-refractivity contribution in [2.45, 2.75) is 26.0 Å². The standard InChI is InChI=1S/C5H9BN/c1-5(6-2)3-4-7/h5H,3H2,1-2H3. The fraction of sp³-hybridized carbons (Fsp3) is 0.800. The minimum atomic E-state index is 0.463. The van der Waals surface area contributed by atoms with Crippen LogP contribution in [0, 0.1) is 11.3 Å². The molecule has 0 saturated heterocycles. The Balaban J connectivity index is 3.03. The highest BCUT2D eigenvalue weighted by molar-refractivity contribution is 6.35. The third-order valence-corrected chi connectivity index (χ3v) is 0.982. The Labute approximate surface area is 45.6 Å². The topological polar surface area (TPSA) is 23.8 Å². The van der Waals surface area contributed by atoms with E-state index in [1.807, 2.05) is 21.0 Å². The van der Waals surface area contributed by atoms with E-state index in [2.05, 4.69) is 6.07 Å². The maximum atomic E-state index is 8.10. The van der Waals surface area contributed by atoms with Gasteiger partial charge in [0, 0.05) is 6.42 Å². The summed E-state index contributed by atoms with van der Waals surface area (Å²) in [5, 5.41) is 8.10. The van der Waals surface area contributed by atoms with E-state index in [0.717, 1.165) is 0 Å². The van der Waals surface area contributed by atoms with Gasteiger partial charge in [-0.3, -0.25) is 0 Å². The molecule has 1 atom stereocenters. The molecule has 0 fully saturated rings. The average Bonchev–Trinajstić information content (AvgIpc) is 1.68. The van der Waals surface area contributed by atoms with E-state index in [4.69, 9.17) is 5.26 Å². The lowest BCUT2D eigenvalue weighted by Gasteiger charge is -1.95. The lowest BCUT2D eigenvalue weighted by molar-refractivity contribution is 0.949. The summed E-state index contributed by atoms with van der Waals surface area (Å²) in [5.74, 6) is 0.463. The van der Waals surface area contributed by atoms with E-state index in [0.29, 0.717) is 12.2 Å². The lowest BCUT2D eigenvalue weighted by atomic mass is 9.67. The molecule has 0 aliphatic rings. The molecule has 0 aromatic heterocycles. The highest BCUT2D eigenvalue weighted by atomic mass is 14.2. The second kappa shape index (κ2) is 3.73. The number of rotatable bonds is 2. The lowest BCUT2D eigenvalue weighted by Crippen LogP contribution is -1.90. The molecule has 0 saturated carbocycles. The van der Waals surface area contributed by atoms with Crippen LogP contribution in [-0.2, 0) is 0 Å². The molecular formula is C5H9BN. The van der Waals surface area contributed by atoms with Gasteiger partial charge >= 0.3 is 0 Å². The van der Waals surface area contributed by atoms with Crippen LogP contribution in [0.2, 0.25) is 12.6 Å². The SMILES string of the molecule is C[B]C(C)CC#N. The van der Waals surface area contributed by atoms with Gasteiger partial charge in [0.15, 0.2) is 0 Å². The molecule has 1 unspecified atom stereocenters. The molecule has 0 aliphatic carbocycles. The Morgan fingerprint density at radius 1 is 1.86 bits per heavy atom. The largest absolute Gasteiger partial charge is 0.198 e. The molecule has 7 heavy (non-hydrogen) atoms. The first kappa shape index (κ1) is 6.55. The maximum Gasteiger partial charge on any atom is 0.111 e. The highest BCUT2D eigenvalue weighted by Crippen LogP contribution is 2.03. The Bertz CT molecular complexity index is 74.6. The predicted molar refractivity (Wildman–Crippen MR) is 31.3 cm³/mol. The summed E-state index contributed by atoms with van der Waals surface area (Å²) in [5.41, 5.74) is 0. The normalized spacial score (nSPS) is 12.1. The summed E-state index contributed by atoms with van der Waals surface area (Å²) < 4.78 is 0. The summed E-state index contributed by atoms with van der Waals surface area (Å²) in [6.07, 6.45) is 0.649. The van der Waals surface area contributed by atoms with Crippen molar-refractivity contribution in [2.24, 2.45) is 0 Å².